The minimum atomic E-state index is 0.0721. The van der Waals surface area contributed by atoms with E-state index in [9.17, 15) is 0 Å². The van der Waals surface area contributed by atoms with Gasteiger partial charge >= 0.3 is 0 Å². The van der Waals surface area contributed by atoms with Gasteiger partial charge in [0.2, 0.25) is 0 Å². The van der Waals surface area contributed by atoms with Crippen LogP contribution in [0.4, 0.5) is 0 Å². The summed E-state index contributed by atoms with van der Waals surface area (Å²) in [6.07, 6.45) is 0. The molecule has 0 aromatic carbocycles. The average molecular weight is 280 g/mol. The molecule has 0 aliphatic rings. The molecule has 0 aliphatic carbocycles. The highest BCUT2D eigenvalue weighted by Gasteiger charge is 2.05. The second kappa shape index (κ2) is 4.23. The summed E-state index contributed by atoms with van der Waals surface area (Å²) >= 11 is 2.15. The van der Waals surface area contributed by atoms with E-state index in [4.69, 9.17) is 5.11 Å². The number of halogens is 1. The van der Waals surface area contributed by atoms with E-state index in [1.807, 2.05) is 10.7 Å². The van der Waals surface area contributed by atoms with Crippen molar-refractivity contribution in [2.45, 2.75) is 27.0 Å². The lowest BCUT2D eigenvalue weighted by atomic mass is 10.2. The molecule has 0 saturated carbocycles. The fourth-order valence-electron chi connectivity index (χ4n) is 1.05. The summed E-state index contributed by atoms with van der Waals surface area (Å²) in [5.41, 5.74) is 0.896. The lowest BCUT2D eigenvalue weighted by Gasteiger charge is -2.07. The van der Waals surface area contributed by atoms with E-state index >= 15 is 0 Å². The van der Waals surface area contributed by atoms with Gasteiger partial charge in [0.25, 0.3) is 0 Å². The van der Waals surface area contributed by atoms with Crippen LogP contribution >= 0.6 is 22.6 Å². The van der Waals surface area contributed by atoms with Crippen molar-refractivity contribution in [3.05, 3.63) is 15.5 Å². The maximum atomic E-state index is 8.98. The quantitative estimate of drug-likeness (QED) is 0.855. The van der Waals surface area contributed by atoms with E-state index in [0.717, 1.165) is 15.9 Å². The van der Waals surface area contributed by atoms with Gasteiger partial charge in [-0.05, 0) is 34.6 Å². The van der Waals surface area contributed by atoms with E-state index in [1.165, 1.54) is 0 Å². The van der Waals surface area contributed by atoms with Gasteiger partial charge < -0.3 is 5.11 Å². The van der Waals surface area contributed by atoms with Crippen molar-refractivity contribution in [1.82, 2.24) is 9.78 Å². The third-order valence-corrected chi connectivity index (χ3v) is 2.06. The van der Waals surface area contributed by atoms with Gasteiger partial charge in [-0.25, -0.2) is 0 Å². The highest BCUT2D eigenvalue weighted by molar-refractivity contribution is 14.1. The number of hydrogen-bond donors (Lipinski definition) is 1. The molecule has 0 radical (unpaired) electrons. The van der Waals surface area contributed by atoms with Crippen LogP contribution in [-0.4, -0.2) is 14.9 Å². The van der Waals surface area contributed by atoms with Crippen LogP contribution in [0.25, 0.3) is 0 Å². The number of aliphatic hydroxyl groups is 1. The van der Waals surface area contributed by atoms with Gasteiger partial charge in [-0.15, -0.1) is 0 Å². The normalized spacial score (nSPS) is 11.1. The minimum absolute atomic E-state index is 0.0721. The second-order valence-corrected chi connectivity index (χ2v) is 4.30. The molecular weight excluding hydrogens is 267 g/mol. The summed E-state index contributed by atoms with van der Waals surface area (Å²) in [6.45, 7) is 5.22. The molecule has 1 rings (SSSR count). The second-order valence-electron chi connectivity index (χ2n) is 3.19. The molecule has 0 fully saturated rings. The zero-order valence-electron chi connectivity index (χ0n) is 7.29. The molecule has 12 heavy (non-hydrogen) atoms. The van der Waals surface area contributed by atoms with Gasteiger partial charge in [0, 0.05) is 6.54 Å². The van der Waals surface area contributed by atoms with Crippen molar-refractivity contribution in [2.24, 2.45) is 5.92 Å². The van der Waals surface area contributed by atoms with Gasteiger partial charge in [-0.2, -0.15) is 5.10 Å². The summed E-state index contributed by atoms with van der Waals surface area (Å²) in [4.78, 5) is 0. The van der Waals surface area contributed by atoms with Gasteiger partial charge in [0.05, 0.1) is 12.3 Å². The van der Waals surface area contributed by atoms with E-state index in [2.05, 4.69) is 41.5 Å². The Labute approximate surface area is 85.9 Å². The molecule has 0 unspecified atom stereocenters. The first kappa shape index (κ1) is 9.98. The van der Waals surface area contributed by atoms with Crippen molar-refractivity contribution in [1.29, 1.82) is 0 Å². The Hall–Kier alpha value is -0.100. The fourth-order valence-corrected chi connectivity index (χ4v) is 1.67. The van der Waals surface area contributed by atoms with E-state index in [-0.39, 0.29) is 6.61 Å². The maximum Gasteiger partial charge on any atom is 0.123 e. The van der Waals surface area contributed by atoms with Gasteiger partial charge in [0.1, 0.15) is 3.70 Å². The number of rotatable bonds is 3. The molecular formula is C8H13IN2O. The molecule has 0 spiro atoms. The van der Waals surface area contributed by atoms with Crippen LogP contribution in [-0.2, 0) is 13.2 Å². The largest absolute Gasteiger partial charge is 0.390 e. The Kier molecular flexibility index (Phi) is 3.52. The lowest BCUT2D eigenvalue weighted by Crippen LogP contribution is -2.09. The van der Waals surface area contributed by atoms with Crippen LogP contribution in [0.5, 0.6) is 0 Å². The zero-order chi connectivity index (χ0) is 9.14. The molecule has 0 atom stereocenters. The highest BCUT2D eigenvalue weighted by Crippen LogP contribution is 2.09. The summed E-state index contributed by atoms with van der Waals surface area (Å²) in [6, 6.07) is 1.91. The van der Waals surface area contributed by atoms with Crippen LogP contribution in [0, 0.1) is 9.62 Å². The standard InChI is InChI=1S/C8H13IN2O/c1-6(2)4-11-7(5-12)3-8(9)10-11/h3,6,12H,4-5H2,1-2H3. The molecule has 1 heterocycles. The van der Waals surface area contributed by atoms with Crippen molar-refractivity contribution in [3.8, 4) is 0 Å². The summed E-state index contributed by atoms with van der Waals surface area (Å²) < 4.78 is 2.81. The predicted octanol–water partition coefficient (Wildman–Crippen LogP) is 1.64. The predicted molar refractivity (Wildman–Crippen MR) is 55.7 cm³/mol. The molecule has 0 aliphatic heterocycles. The maximum absolute atomic E-state index is 8.98. The third-order valence-electron chi connectivity index (χ3n) is 1.53. The highest BCUT2D eigenvalue weighted by atomic mass is 127. The molecule has 3 nitrogen and oxygen atoms in total. The van der Waals surface area contributed by atoms with Crippen LogP contribution in [0.2, 0.25) is 0 Å². The molecule has 0 saturated heterocycles. The molecule has 4 heteroatoms. The molecule has 1 aromatic heterocycles. The van der Waals surface area contributed by atoms with Crippen LogP contribution < -0.4 is 0 Å². The smallest absolute Gasteiger partial charge is 0.123 e. The van der Waals surface area contributed by atoms with Crippen molar-refractivity contribution < 1.29 is 5.11 Å². The van der Waals surface area contributed by atoms with Crippen molar-refractivity contribution in [3.63, 3.8) is 0 Å². The van der Waals surface area contributed by atoms with Gasteiger partial charge in [-0.1, -0.05) is 13.8 Å². The van der Waals surface area contributed by atoms with Gasteiger partial charge in [-0.3, -0.25) is 4.68 Å². The number of nitrogens with zero attached hydrogens (tertiary/aromatic N) is 2. The van der Waals surface area contributed by atoms with Crippen molar-refractivity contribution >= 4 is 22.6 Å². The third kappa shape index (κ3) is 2.45. The summed E-state index contributed by atoms with van der Waals surface area (Å²) in [5, 5.41) is 13.2. The first-order valence-corrected chi connectivity index (χ1v) is 5.04. The summed E-state index contributed by atoms with van der Waals surface area (Å²) in [5.74, 6) is 0.561. The monoisotopic (exact) mass is 280 g/mol. The number of aromatic nitrogens is 2. The summed E-state index contributed by atoms with van der Waals surface area (Å²) in [7, 11) is 0. The minimum Gasteiger partial charge on any atom is -0.390 e. The van der Waals surface area contributed by atoms with Crippen LogP contribution in [0.15, 0.2) is 6.07 Å². The molecule has 1 N–H and O–H groups in total. The Morgan fingerprint density at radius 1 is 1.67 bits per heavy atom. The Balaban J connectivity index is 2.81. The first-order valence-electron chi connectivity index (χ1n) is 3.96. The lowest BCUT2D eigenvalue weighted by molar-refractivity contribution is 0.264. The Morgan fingerprint density at radius 3 is 2.83 bits per heavy atom. The molecule has 68 valence electrons. The molecule has 0 amide bonds. The number of hydrogen-bond acceptors (Lipinski definition) is 2. The SMILES string of the molecule is CC(C)Cn1nc(I)cc1CO. The van der Waals surface area contributed by atoms with Crippen LogP contribution in [0.3, 0.4) is 0 Å². The zero-order valence-corrected chi connectivity index (χ0v) is 9.45. The Morgan fingerprint density at radius 2 is 2.33 bits per heavy atom. The number of aliphatic hydroxyl groups excluding tert-OH is 1. The average Bonchev–Trinajstić information content (AvgIpc) is 2.29. The first-order chi connectivity index (χ1) is 5.63. The van der Waals surface area contributed by atoms with Crippen molar-refractivity contribution in [2.75, 3.05) is 0 Å². The topological polar surface area (TPSA) is 38.0 Å². The molecule has 0 bridgehead atoms. The Bertz CT molecular complexity index is 258. The van der Waals surface area contributed by atoms with E-state index < -0.39 is 0 Å². The fraction of sp³-hybridized carbons (Fsp3) is 0.625. The van der Waals surface area contributed by atoms with E-state index in [1.54, 1.807) is 0 Å². The molecule has 1 aromatic rings. The van der Waals surface area contributed by atoms with E-state index in [0.29, 0.717) is 5.92 Å². The van der Waals surface area contributed by atoms with Gasteiger partial charge in [0.15, 0.2) is 0 Å². The van der Waals surface area contributed by atoms with Crippen LogP contribution in [0.1, 0.15) is 19.5 Å².